The van der Waals surface area contributed by atoms with Crippen molar-refractivity contribution in [1.29, 1.82) is 0 Å². The molecule has 2 heterocycles. The van der Waals surface area contributed by atoms with Crippen molar-refractivity contribution in [2.75, 3.05) is 0 Å². The molecule has 0 radical (unpaired) electrons. The molecule has 0 bridgehead atoms. The Balaban J connectivity index is 0.000000165. The average Bonchev–Trinajstić information content (AvgIpc) is 3.91. The van der Waals surface area contributed by atoms with Crippen LogP contribution in [0.5, 0.6) is 0 Å². The Bertz CT molecular complexity index is 1970. The molecular weight excluding hydrogens is 917 g/mol. The number of carbonyl (C=O) groups excluding carboxylic acids is 1. The van der Waals surface area contributed by atoms with Gasteiger partial charge in [-0.3, -0.25) is 9.97 Å². The summed E-state index contributed by atoms with van der Waals surface area (Å²) in [5.74, 6) is 9.77. The zero-order valence-electron chi connectivity index (χ0n) is 44.7. The van der Waals surface area contributed by atoms with E-state index in [4.69, 9.17) is 0 Å². The number of hydrogen-bond acceptors (Lipinski definition) is 6. The number of aldehydes is 1. The molecule has 8 saturated carbocycles. The van der Waals surface area contributed by atoms with Crippen LogP contribution in [0.4, 0.5) is 0 Å². The third-order valence-electron chi connectivity index (χ3n) is 23.8. The molecule has 3 N–H and O–H groups in total. The minimum Gasteiger partial charge on any atom is -0.390 e. The molecule has 10 rings (SSSR count). The third kappa shape index (κ3) is 10.5. The zero-order valence-corrected chi connectivity index (χ0v) is 46.3. The first-order valence-electron chi connectivity index (χ1n) is 28.9. The standard InChI is InChI=1S/C31H49NO2.C26H44O2.C5H4BrN/c1-5-31(34)17-16-29(3)23(19-31)9-10-24-26-12-11-25(30(26,4)15-14-27(24)29)21(2)8-13-28(33)22-7-6-18-32-20-22;1-5-26(28)15-14-24(3)19(17-26)8-9-20-22-11-10-21(18(2)7-6-16-27)25(22,4)13-12-23(20)24;6-5-2-1-3-7-4-5/h6-7,18,20-21,23-28,33-34H,5,8-17,19H2,1-4H3;16,18-23,28H,5-15,17H2,1-4H3;1-4H/t21-,23+,24+,25-,26+,27+,28?,29+,30-,31+;18-,19+,20+,21-,22+,23+,24+,25-,26+;/m11./s1. The summed E-state index contributed by atoms with van der Waals surface area (Å²) in [5.41, 5.74) is 2.07. The molecule has 2 aromatic heterocycles. The number of halogens is 1. The predicted molar refractivity (Wildman–Crippen MR) is 285 cm³/mol. The molecule has 19 atom stereocenters. The molecular formula is C62H97BrN2O4. The van der Waals surface area contributed by atoms with Crippen molar-refractivity contribution < 1.29 is 20.1 Å². The number of aliphatic hydroxyl groups is 3. The van der Waals surface area contributed by atoms with Crippen molar-refractivity contribution in [3.8, 4) is 0 Å². The van der Waals surface area contributed by atoms with Gasteiger partial charge in [-0.2, -0.15) is 0 Å². The van der Waals surface area contributed by atoms with Crippen LogP contribution in [0.3, 0.4) is 0 Å². The minimum atomic E-state index is -0.394. The van der Waals surface area contributed by atoms with E-state index >= 15 is 0 Å². The van der Waals surface area contributed by atoms with Gasteiger partial charge in [0, 0.05) is 35.7 Å². The highest BCUT2D eigenvalue weighted by Crippen LogP contribution is 2.71. The summed E-state index contributed by atoms with van der Waals surface area (Å²) in [6, 6.07) is 7.74. The summed E-state index contributed by atoms with van der Waals surface area (Å²) in [5, 5.41) is 32.7. The van der Waals surface area contributed by atoms with E-state index in [1.165, 1.54) is 89.9 Å². The van der Waals surface area contributed by atoms with Crippen molar-refractivity contribution in [1.82, 2.24) is 9.97 Å². The lowest BCUT2D eigenvalue weighted by Gasteiger charge is -2.62. The second-order valence-corrected chi connectivity index (χ2v) is 27.5. The molecule has 1 unspecified atom stereocenters. The largest absolute Gasteiger partial charge is 0.390 e. The molecule has 8 aliphatic rings. The smallest absolute Gasteiger partial charge is 0.120 e. The molecule has 7 heteroatoms. The van der Waals surface area contributed by atoms with Gasteiger partial charge in [-0.1, -0.05) is 61.5 Å². The van der Waals surface area contributed by atoms with E-state index in [1.807, 2.05) is 30.5 Å². The molecule has 0 spiro atoms. The molecule has 386 valence electrons. The Morgan fingerprint density at radius 2 is 1.09 bits per heavy atom. The molecule has 8 fully saturated rings. The Labute approximate surface area is 428 Å². The Hall–Kier alpha value is -1.67. The topological polar surface area (TPSA) is 104 Å². The van der Waals surface area contributed by atoms with E-state index in [0.717, 1.165) is 140 Å². The van der Waals surface area contributed by atoms with Crippen LogP contribution in [0.25, 0.3) is 0 Å². The SMILES string of the molecule is Brc1cccnc1.CC[C@]1(O)CC[C@@]2(C)[C@@H](CC[C@@H]3[C@@H]2CC[C@]2(C)[C@@H]([C@H](C)CCC(O)c4cccnc4)CC[C@@H]32)C1.CC[C@]1(O)CC[C@@]2(C)[C@@H](CC[C@@H]3[C@@H]2CC[C@]2(C)[C@@H]([C@H](C)CCC=O)CC[C@@H]32)C1. The van der Waals surface area contributed by atoms with Gasteiger partial charge in [-0.25, -0.2) is 0 Å². The fraction of sp³-hybridized carbons (Fsp3) is 0.823. The van der Waals surface area contributed by atoms with Crippen LogP contribution >= 0.6 is 15.9 Å². The maximum atomic E-state index is 11.1. The van der Waals surface area contributed by atoms with Gasteiger partial charge in [-0.05, 0) is 280 Å². The summed E-state index contributed by atoms with van der Waals surface area (Å²) >= 11 is 3.25. The summed E-state index contributed by atoms with van der Waals surface area (Å²) in [6.07, 6.45) is 36.7. The first-order chi connectivity index (χ1) is 32.9. The minimum absolute atomic E-state index is 0.382. The molecule has 0 aromatic carbocycles. The number of pyridine rings is 2. The summed E-state index contributed by atoms with van der Waals surface area (Å²) < 4.78 is 1.02. The van der Waals surface area contributed by atoms with Crippen LogP contribution in [0.15, 0.2) is 53.5 Å². The summed E-state index contributed by atoms with van der Waals surface area (Å²) in [4.78, 5) is 18.9. The monoisotopic (exact) mass is 1010 g/mol. The normalized spacial score (nSPS) is 44.3. The van der Waals surface area contributed by atoms with Crippen molar-refractivity contribution in [3.05, 3.63) is 59.1 Å². The van der Waals surface area contributed by atoms with Crippen LogP contribution < -0.4 is 0 Å². The van der Waals surface area contributed by atoms with E-state index in [2.05, 4.69) is 81.3 Å². The molecule has 6 nitrogen and oxygen atoms in total. The van der Waals surface area contributed by atoms with E-state index in [-0.39, 0.29) is 11.7 Å². The second kappa shape index (κ2) is 21.7. The highest BCUT2D eigenvalue weighted by molar-refractivity contribution is 9.10. The number of nitrogens with zero attached hydrogens (tertiary/aromatic N) is 2. The number of aromatic nitrogens is 2. The van der Waals surface area contributed by atoms with Crippen molar-refractivity contribution >= 4 is 22.2 Å². The second-order valence-electron chi connectivity index (χ2n) is 26.6. The lowest BCUT2D eigenvalue weighted by molar-refractivity contribution is -0.152. The Morgan fingerprint density at radius 1 is 0.609 bits per heavy atom. The quantitative estimate of drug-likeness (QED) is 0.194. The van der Waals surface area contributed by atoms with Gasteiger partial charge in [0.25, 0.3) is 0 Å². The average molecular weight is 1010 g/mol. The van der Waals surface area contributed by atoms with Gasteiger partial charge in [-0.15, -0.1) is 0 Å². The first-order valence-corrected chi connectivity index (χ1v) is 29.7. The molecule has 0 saturated heterocycles. The van der Waals surface area contributed by atoms with Crippen LogP contribution in [0, 0.1) is 92.7 Å². The van der Waals surface area contributed by atoms with E-state index in [9.17, 15) is 20.1 Å². The van der Waals surface area contributed by atoms with Gasteiger partial charge in [0.05, 0.1) is 17.3 Å². The van der Waals surface area contributed by atoms with Crippen LogP contribution in [-0.4, -0.2) is 42.8 Å². The van der Waals surface area contributed by atoms with Gasteiger partial charge in [0.1, 0.15) is 6.29 Å². The Morgan fingerprint density at radius 3 is 1.51 bits per heavy atom. The lowest BCUT2D eigenvalue weighted by Crippen LogP contribution is -2.56. The van der Waals surface area contributed by atoms with Gasteiger partial charge >= 0.3 is 0 Å². The van der Waals surface area contributed by atoms with Crippen LogP contribution in [-0.2, 0) is 4.79 Å². The third-order valence-corrected chi connectivity index (χ3v) is 24.3. The fourth-order valence-corrected chi connectivity index (χ4v) is 19.7. The number of fused-ring (bicyclic) bond motifs is 10. The highest BCUT2D eigenvalue weighted by atomic mass is 79.9. The van der Waals surface area contributed by atoms with E-state index in [1.54, 1.807) is 18.6 Å². The van der Waals surface area contributed by atoms with Crippen molar-refractivity contribution in [3.63, 3.8) is 0 Å². The summed E-state index contributed by atoms with van der Waals surface area (Å²) in [6.45, 7) is 19.7. The molecule has 8 aliphatic carbocycles. The Kier molecular flexibility index (Phi) is 16.8. The number of carbonyl (C=O) groups is 1. The molecule has 0 aliphatic heterocycles. The first kappa shape index (κ1) is 53.6. The van der Waals surface area contributed by atoms with Crippen molar-refractivity contribution in [2.24, 2.45) is 92.7 Å². The van der Waals surface area contributed by atoms with E-state index in [0.29, 0.717) is 33.5 Å². The number of rotatable bonds is 11. The maximum Gasteiger partial charge on any atom is 0.120 e. The van der Waals surface area contributed by atoms with Gasteiger partial charge in [0.2, 0.25) is 0 Å². The maximum absolute atomic E-state index is 11.1. The fourth-order valence-electron chi connectivity index (χ4n) is 19.5. The van der Waals surface area contributed by atoms with E-state index < -0.39 is 5.60 Å². The molecule has 2 aromatic rings. The lowest BCUT2D eigenvalue weighted by atomic mass is 9.43. The highest BCUT2D eigenvalue weighted by Gasteiger charge is 2.63. The number of hydrogen-bond donors (Lipinski definition) is 3. The van der Waals surface area contributed by atoms with Crippen LogP contribution in [0.2, 0.25) is 0 Å². The van der Waals surface area contributed by atoms with Crippen molar-refractivity contribution in [2.45, 2.75) is 227 Å². The number of aliphatic hydroxyl groups excluding tert-OH is 1. The molecule has 69 heavy (non-hydrogen) atoms. The van der Waals surface area contributed by atoms with Gasteiger partial charge in [0.15, 0.2) is 0 Å². The van der Waals surface area contributed by atoms with Crippen LogP contribution in [0.1, 0.15) is 221 Å². The predicted octanol–water partition coefficient (Wildman–Crippen LogP) is 15.6. The summed E-state index contributed by atoms with van der Waals surface area (Å²) in [7, 11) is 0. The van der Waals surface area contributed by atoms with Gasteiger partial charge < -0.3 is 20.1 Å². The zero-order chi connectivity index (χ0) is 49.4. The molecule has 0 amide bonds.